The van der Waals surface area contributed by atoms with Gasteiger partial charge in [0.25, 0.3) is 0 Å². The molecule has 184 valence electrons. The van der Waals surface area contributed by atoms with Crippen LogP contribution in [0.4, 0.5) is 10.3 Å². The Morgan fingerprint density at radius 2 is 1.80 bits per heavy atom. The largest absolute Gasteiger partial charge is 0.495 e. The third-order valence-electron chi connectivity index (χ3n) is 4.83. The van der Waals surface area contributed by atoms with Crippen molar-refractivity contribution in [3.63, 3.8) is 0 Å². The van der Waals surface area contributed by atoms with Crippen LogP contribution in [0, 0.1) is 5.82 Å². The number of nitrogen functional groups attached to an aromatic ring is 1. The summed E-state index contributed by atoms with van der Waals surface area (Å²) in [6.07, 6.45) is 4.50. The zero-order valence-electron chi connectivity index (χ0n) is 19.5. The van der Waals surface area contributed by atoms with Crippen molar-refractivity contribution in [3.05, 3.63) is 58.9 Å². The monoisotopic (exact) mass is 502 g/mol. The summed E-state index contributed by atoms with van der Waals surface area (Å²) >= 11 is 6.30. The van der Waals surface area contributed by atoms with Crippen LogP contribution < -0.4 is 15.2 Å². The number of hydrogen-bond acceptors (Lipinski definition) is 8. The number of nitrogens with zero attached hydrogens (tertiary/aromatic N) is 4. The van der Waals surface area contributed by atoms with E-state index in [4.69, 9.17) is 26.8 Å². The molecule has 4 N–H and O–H groups in total. The number of aromatic nitrogens is 4. The van der Waals surface area contributed by atoms with Crippen LogP contribution in [0.15, 0.2) is 36.8 Å². The van der Waals surface area contributed by atoms with Gasteiger partial charge in [0.2, 0.25) is 0 Å². The summed E-state index contributed by atoms with van der Waals surface area (Å²) in [5.41, 5.74) is 6.99. The number of imidazole rings is 1. The first-order valence-corrected chi connectivity index (χ1v) is 10.6. The van der Waals surface area contributed by atoms with Crippen molar-refractivity contribution in [3.8, 4) is 22.6 Å². The fraction of sp³-hybridized carbons (Fsp3) is 0.217. The van der Waals surface area contributed by atoms with Crippen molar-refractivity contribution >= 4 is 34.6 Å². The van der Waals surface area contributed by atoms with Crippen molar-refractivity contribution < 1.29 is 23.8 Å². The molecule has 12 heteroatoms. The molecule has 2 aromatic heterocycles. The van der Waals surface area contributed by atoms with Gasteiger partial charge in [0, 0.05) is 36.1 Å². The van der Waals surface area contributed by atoms with Crippen LogP contribution in [-0.4, -0.2) is 64.2 Å². The Morgan fingerprint density at radius 3 is 2.34 bits per heavy atom. The lowest BCUT2D eigenvalue weighted by Crippen LogP contribution is -2.10. The van der Waals surface area contributed by atoms with E-state index in [-0.39, 0.29) is 44.2 Å². The maximum atomic E-state index is 14.9. The summed E-state index contributed by atoms with van der Waals surface area (Å²) in [6.45, 7) is 0.851. The average Bonchev–Trinajstić information content (AvgIpc) is 3.23. The third kappa shape index (κ3) is 5.58. The molecule has 0 unspecified atom stereocenters. The number of nitrogens with two attached hydrogens (primary N) is 1. The Bertz CT molecular complexity index is 1330. The van der Waals surface area contributed by atoms with Crippen LogP contribution in [0.2, 0.25) is 5.02 Å². The number of aromatic amines is 1. The first kappa shape index (κ1) is 25.7. The Balaban J connectivity index is 0.000000287. The second kappa shape index (κ2) is 11.0. The van der Waals surface area contributed by atoms with Gasteiger partial charge in [-0.15, -0.1) is 0 Å². The average molecular weight is 503 g/mol. The molecule has 0 fully saturated rings. The van der Waals surface area contributed by atoms with Gasteiger partial charge in [0.05, 0.1) is 42.2 Å². The van der Waals surface area contributed by atoms with E-state index >= 15 is 0 Å². The molecule has 4 rings (SSSR count). The topological polar surface area (TPSA) is 139 Å². The van der Waals surface area contributed by atoms with Gasteiger partial charge in [-0.1, -0.05) is 17.7 Å². The van der Waals surface area contributed by atoms with Gasteiger partial charge < -0.3 is 30.2 Å². The summed E-state index contributed by atoms with van der Waals surface area (Å²) in [5.74, 6) is -1.23. The number of carbonyl (C=O) groups is 1. The van der Waals surface area contributed by atoms with E-state index in [1.54, 1.807) is 6.20 Å². The Hall–Kier alpha value is -3.96. The third-order valence-corrected chi connectivity index (χ3v) is 5.21. The SMILES string of the molecule is CN(C)Cc1cnc(N)[nH]1.COc1cc(OC)c(Cl)c(-c2ccc(C(=O)O)c3nccnc23)c1F. The van der Waals surface area contributed by atoms with Crippen LogP contribution in [-0.2, 0) is 6.54 Å². The molecule has 2 heterocycles. The quantitative estimate of drug-likeness (QED) is 0.358. The highest BCUT2D eigenvalue weighted by Crippen LogP contribution is 2.43. The van der Waals surface area contributed by atoms with Crippen molar-refractivity contribution in [2.75, 3.05) is 34.0 Å². The lowest BCUT2D eigenvalue weighted by molar-refractivity contribution is 0.0699. The molecule has 0 aliphatic rings. The standard InChI is InChI=1S/C17H12ClFN2O4.C6H12N4/c1-24-10-7-11(25-2)14(19)12(13(10)18)8-3-4-9(17(22)23)16-15(8)20-5-6-21-16;1-10(2)4-5-3-8-6(7)9-5/h3-7H,1-2H3,(H,22,23);3H,4H2,1-2H3,(H3,7,8,9). The number of methoxy groups -OCH3 is 2. The van der Waals surface area contributed by atoms with Gasteiger partial charge in [-0.25, -0.2) is 14.2 Å². The van der Waals surface area contributed by atoms with Gasteiger partial charge in [0.15, 0.2) is 17.5 Å². The molecule has 4 aromatic rings. The maximum absolute atomic E-state index is 14.9. The minimum atomic E-state index is -1.16. The van der Waals surface area contributed by atoms with E-state index in [1.165, 1.54) is 44.8 Å². The number of hydrogen-bond donors (Lipinski definition) is 3. The second-order valence-corrected chi connectivity index (χ2v) is 7.91. The number of ether oxygens (including phenoxy) is 2. The summed E-state index contributed by atoms with van der Waals surface area (Å²) in [4.78, 5) is 28.5. The Kier molecular flexibility index (Phi) is 8.05. The molecule has 0 saturated carbocycles. The number of benzene rings is 2. The molecular weight excluding hydrogens is 479 g/mol. The number of rotatable bonds is 6. The van der Waals surface area contributed by atoms with Crippen LogP contribution in [0.5, 0.6) is 11.5 Å². The van der Waals surface area contributed by atoms with Gasteiger partial charge in [-0.05, 0) is 20.2 Å². The molecule has 0 atom stereocenters. The molecule has 0 aliphatic carbocycles. The van der Waals surface area contributed by atoms with Crippen LogP contribution in [0.25, 0.3) is 22.2 Å². The molecule has 10 nitrogen and oxygen atoms in total. The number of carboxylic acids is 1. The van der Waals surface area contributed by atoms with Gasteiger partial charge >= 0.3 is 5.97 Å². The Labute approximate surface area is 205 Å². The van der Waals surface area contributed by atoms with Crippen molar-refractivity contribution in [2.24, 2.45) is 0 Å². The zero-order valence-corrected chi connectivity index (χ0v) is 20.2. The number of halogens is 2. The van der Waals surface area contributed by atoms with E-state index in [9.17, 15) is 14.3 Å². The number of anilines is 1. The first-order valence-electron chi connectivity index (χ1n) is 10.2. The van der Waals surface area contributed by atoms with E-state index < -0.39 is 11.8 Å². The van der Waals surface area contributed by atoms with E-state index in [1.807, 2.05) is 19.0 Å². The van der Waals surface area contributed by atoms with Crippen LogP contribution in [0.3, 0.4) is 0 Å². The van der Waals surface area contributed by atoms with Crippen molar-refractivity contribution in [2.45, 2.75) is 6.54 Å². The predicted molar refractivity (Wildman–Crippen MR) is 130 cm³/mol. The fourth-order valence-electron chi connectivity index (χ4n) is 3.35. The number of fused-ring (bicyclic) bond motifs is 1. The minimum absolute atomic E-state index is 0.000283. The first-order chi connectivity index (χ1) is 16.7. The molecular formula is C23H24ClFN6O4. The van der Waals surface area contributed by atoms with E-state index in [2.05, 4.69) is 19.9 Å². The van der Waals surface area contributed by atoms with Crippen LogP contribution in [0.1, 0.15) is 16.1 Å². The maximum Gasteiger partial charge on any atom is 0.337 e. The minimum Gasteiger partial charge on any atom is -0.495 e. The summed E-state index contributed by atoms with van der Waals surface area (Å²) in [7, 11) is 6.71. The fourth-order valence-corrected chi connectivity index (χ4v) is 3.67. The predicted octanol–water partition coefficient (Wildman–Crippen LogP) is 3.86. The molecule has 0 spiro atoms. The van der Waals surface area contributed by atoms with Gasteiger partial charge in [-0.2, -0.15) is 0 Å². The van der Waals surface area contributed by atoms with Gasteiger partial charge in [0.1, 0.15) is 11.3 Å². The highest BCUT2D eigenvalue weighted by Gasteiger charge is 2.23. The summed E-state index contributed by atoms with van der Waals surface area (Å²) in [5, 5.41) is 9.33. The molecule has 0 bridgehead atoms. The van der Waals surface area contributed by atoms with Crippen molar-refractivity contribution in [1.29, 1.82) is 0 Å². The zero-order chi connectivity index (χ0) is 25.7. The van der Waals surface area contributed by atoms with Crippen LogP contribution >= 0.6 is 11.6 Å². The molecule has 35 heavy (non-hydrogen) atoms. The number of H-pyrrole nitrogens is 1. The number of nitrogens with one attached hydrogen (secondary N) is 1. The van der Waals surface area contributed by atoms with Crippen molar-refractivity contribution in [1.82, 2.24) is 24.8 Å². The van der Waals surface area contributed by atoms with E-state index in [0.29, 0.717) is 5.95 Å². The number of carboxylic acid groups (broad SMARTS) is 1. The lowest BCUT2D eigenvalue weighted by Gasteiger charge is -2.15. The Morgan fingerprint density at radius 1 is 1.14 bits per heavy atom. The lowest BCUT2D eigenvalue weighted by atomic mass is 9.99. The smallest absolute Gasteiger partial charge is 0.337 e. The number of aromatic carboxylic acids is 1. The molecule has 0 saturated heterocycles. The molecule has 0 radical (unpaired) electrons. The highest BCUT2D eigenvalue weighted by atomic mass is 35.5. The molecule has 0 aliphatic heterocycles. The summed E-state index contributed by atoms with van der Waals surface area (Å²) in [6, 6.07) is 4.10. The molecule has 0 amide bonds. The van der Waals surface area contributed by atoms with Gasteiger partial charge in [-0.3, -0.25) is 9.97 Å². The normalized spacial score (nSPS) is 10.7. The second-order valence-electron chi connectivity index (χ2n) is 7.53. The van der Waals surface area contributed by atoms with E-state index in [0.717, 1.165) is 12.2 Å². The summed E-state index contributed by atoms with van der Waals surface area (Å²) < 4.78 is 25.1. The molecule has 2 aromatic carbocycles. The highest BCUT2D eigenvalue weighted by molar-refractivity contribution is 6.35.